The molecule has 0 bridgehead atoms. The van der Waals surface area contributed by atoms with Crippen LogP contribution in [0.1, 0.15) is 23.6 Å². The molecule has 1 heterocycles. The first-order chi connectivity index (χ1) is 16.9. The topological polar surface area (TPSA) is 69.0 Å². The zero-order valence-electron chi connectivity index (χ0n) is 20.1. The normalized spacial score (nSPS) is 10.9. The Balaban J connectivity index is 1.62. The van der Waals surface area contributed by atoms with Gasteiger partial charge in [-0.2, -0.15) is 0 Å². The van der Waals surface area contributed by atoms with Crippen molar-refractivity contribution < 1.29 is 9.53 Å². The Morgan fingerprint density at radius 1 is 1.03 bits per heavy atom. The summed E-state index contributed by atoms with van der Waals surface area (Å²) in [5, 5.41) is 13.0. The van der Waals surface area contributed by atoms with Gasteiger partial charge in [-0.25, -0.2) is 0 Å². The first-order valence-electron chi connectivity index (χ1n) is 11.3. The lowest BCUT2D eigenvalue weighted by molar-refractivity contribution is -0.113. The van der Waals surface area contributed by atoms with Crippen LogP contribution in [0.15, 0.2) is 65.8 Å². The van der Waals surface area contributed by atoms with E-state index in [4.69, 9.17) is 16.3 Å². The maximum Gasteiger partial charge on any atom is 0.234 e. The van der Waals surface area contributed by atoms with Crippen molar-refractivity contribution in [3.8, 4) is 22.8 Å². The van der Waals surface area contributed by atoms with E-state index in [0.717, 1.165) is 33.8 Å². The zero-order chi connectivity index (χ0) is 24.9. The smallest absolute Gasteiger partial charge is 0.234 e. The Morgan fingerprint density at radius 3 is 2.37 bits per heavy atom. The number of benzene rings is 3. The average molecular weight is 507 g/mol. The van der Waals surface area contributed by atoms with Gasteiger partial charge in [-0.15, -0.1) is 10.2 Å². The predicted molar refractivity (Wildman–Crippen MR) is 143 cm³/mol. The van der Waals surface area contributed by atoms with Gasteiger partial charge < -0.3 is 10.1 Å². The minimum Gasteiger partial charge on any atom is -0.494 e. The zero-order valence-corrected chi connectivity index (χ0v) is 21.7. The number of rotatable bonds is 8. The molecule has 35 heavy (non-hydrogen) atoms. The Bertz CT molecular complexity index is 1330. The predicted octanol–water partition coefficient (Wildman–Crippen LogP) is 6.64. The summed E-state index contributed by atoms with van der Waals surface area (Å²) in [6.07, 6.45) is 0. The van der Waals surface area contributed by atoms with E-state index in [9.17, 15) is 4.79 Å². The number of hydrogen-bond acceptors (Lipinski definition) is 5. The van der Waals surface area contributed by atoms with Crippen LogP contribution in [0.5, 0.6) is 5.75 Å². The van der Waals surface area contributed by atoms with Crippen molar-refractivity contribution in [1.29, 1.82) is 0 Å². The van der Waals surface area contributed by atoms with Crippen LogP contribution in [-0.2, 0) is 4.79 Å². The summed E-state index contributed by atoms with van der Waals surface area (Å²) in [4.78, 5) is 12.8. The van der Waals surface area contributed by atoms with Gasteiger partial charge in [-0.05, 0) is 75.2 Å². The van der Waals surface area contributed by atoms with Gasteiger partial charge >= 0.3 is 0 Å². The molecule has 8 heteroatoms. The number of aromatic nitrogens is 3. The fourth-order valence-electron chi connectivity index (χ4n) is 3.95. The van der Waals surface area contributed by atoms with E-state index >= 15 is 0 Å². The van der Waals surface area contributed by atoms with E-state index < -0.39 is 0 Å². The van der Waals surface area contributed by atoms with Gasteiger partial charge in [-0.3, -0.25) is 9.36 Å². The molecule has 0 saturated carbocycles. The molecule has 0 spiro atoms. The summed E-state index contributed by atoms with van der Waals surface area (Å²) < 4.78 is 7.50. The number of carbonyl (C=O) groups excluding carboxylic acids is 1. The van der Waals surface area contributed by atoms with Crippen LogP contribution in [0.3, 0.4) is 0 Å². The highest BCUT2D eigenvalue weighted by Crippen LogP contribution is 2.32. The number of halogens is 1. The lowest BCUT2D eigenvalue weighted by Crippen LogP contribution is -2.16. The first kappa shape index (κ1) is 24.8. The molecule has 1 amide bonds. The van der Waals surface area contributed by atoms with Crippen LogP contribution in [0.2, 0.25) is 5.02 Å². The summed E-state index contributed by atoms with van der Waals surface area (Å²) in [7, 11) is 0. The lowest BCUT2D eigenvalue weighted by atomic mass is 10.1. The Morgan fingerprint density at radius 2 is 1.71 bits per heavy atom. The molecule has 3 aromatic carbocycles. The highest BCUT2D eigenvalue weighted by Gasteiger charge is 2.19. The van der Waals surface area contributed by atoms with Crippen molar-refractivity contribution in [2.45, 2.75) is 32.9 Å². The van der Waals surface area contributed by atoms with Crippen LogP contribution in [0.4, 0.5) is 5.69 Å². The van der Waals surface area contributed by atoms with Gasteiger partial charge in [-0.1, -0.05) is 53.2 Å². The van der Waals surface area contributed by atoms with Crippen molar-refractivity contribution in [2.24, 2.45) is 0 Å². The third-order valence-electron chi connectivity index (χ3n) is 5.43. The minimum absolute atomic E-state index is 0.106. The van der Waals surface area contributed by atoms with E-state index in [2.05, 4.69) is 27.6 Å². The monoisotopic (exact) mass is 506 g/mol. The lowest BCUT2D eigenvalue weighted by Gasteiger charge is -2.14. The molecule has 0 aliphatic carbocycles. The van der Waals surface area contributed by atoms with Gasteiger partial charge in [0.25, 0.3) is 0 Å². The molecule has 0 fully saturated rings. The molecule has 0 radical (unpaired) electrons. The van der Waals surface area contributed by atoms with Crippen molar-refractivity contribution in [3.63, 3.8) is 0 Å². The molecule has 4 aromatic rings. The second-order valence-electron chi connectivity index (χ2n) is 8.16. The van der Waals surface area contributed by atoms with Crippen molar-refractivity contribution in [1.82, 2.24) is 14.8 Å². The maximum absolute atomic E-state index is 12.8. The van der Waals surface area contributed by atoms with E-state index in [1.807, 2.05) is 80.8 Å². The number of amides is 1. The third kappa shape index (κ3) is 5.69. The maximum atomic E-state index is 12.8. The second-order valence-corrected chi connectivity index (χ2v) is 9.51. The molecular weight excluding hydrogens is 480 g/mol. The first-order valence-corrected chi connectivity index (χ1v) is 12.7. The van der Waals surface area contributed by atoms with Crippen molar-refractivity contribution >= 4 is 35.0 Å². The number of carbonyl (C=O) groups is 1. The number of nitrogens with zero attached hydrogens (tertiary/aromatic N) is 3. The Labute approximate surface area is 214 Å². The Hall–Kier alpha value is -3.29. The molecule has 1 N–H and O–H groups in total. The van der Waals surface area contributed by atoms with E-state index in [1.54, 1.807) is 0 Å². The molecule has 0 unspecified atom stereocenters. The third-order valence-corrected chi connectivity index (χ3v) is 6.69. The quantitative estimate of drug-likeness (QED) is 0.271. The van der Waals surface area contributed by atoms with Crippen LogP contribution in [0.25, 0.3) is 17.1 Å². The van der Waals surface area contributed by atoms with E-state index in [1.165, 1.54) is 17.3 Å². The van der Waals surface area contributed by atoms with E-state index in [0.29, 0.717) is 22.6 Å². The van der Waals surface area contributed by atoms with Crippen LogP contribution in [-0.4, -0.2) is 33.0 Å². The second kappa shape index (κ2) is 11.0. The number of nitrogens with one attached hydrogen (secondary N) is 1. The highest BCUT2D eigenvalue weighted by atomic mass is 35.5. The number of aryl methyl sites for hydroxylation is 3. The van der Waals surface area contributed by atoms with Gasteiger partial charge in [0, 0.05) is 16.9 Å². The molecule has 4 rings (SSSR count). The molecule has 0 atom stereocenters. The molecule has 0 saturated heterocycles. The molecular formula is C27H27ClN4O2S. The van der Waals surface area contributed by atoms with Crippen LogP contribution < -0.4 is 10.1 Å². The van der Waals surface area contributed by atoms with E-state index in [-0.39, 0.29) is 11.7 Å². The SMILES string of the molecule is CCOc1ccc(-n2c(SCC(=O)Nc3c(C)cc(C)cc3C)nnc2-c2ccccc2Cl)cc1. The average Bonchev–Trinajstić information content (AvgIpc) is 3.25. The fraction of sp³-hybridized carbons (Fsp3) is 0.222. The van der Waals surface area contributed by atoms with Crippen molar-refractivity contribution in [2.75, 3.05) is 17.7 Å². The molecule has 6 nitrogen and oxygen atoms in total. The van der Waals surface area contributed by atoms with Gasteiger partial charge in [0.15, 0.2) is 11.0 Å². The molecule has 180 valence electrons. The summed E-state index contributed by atoms with van der Waals surface area (Å²) in [5.74, 6) is 1.46. The minimum atomic E-state index is -0.106. The summed E-state index contributed by atoms with van der Waals surface area (Å²) in [6, 6.07) is 19.3. The highest BCUT2D eigenvalue weighted by molar-refractivity contribution is 7.99. The number of anilines is 1. The van der Waals surface area contributed by atoms with Crippen molar-refractivity contribution in [3.05, 3.63) is 82.4 Å². The van der Waals surface area contributed by atoms with Gasteiger partial charge in [0.1, 0.15) is 5.75 Å². The van der Waals surface area contributed by atoms with Crippen LogP contribution >= 0.6 is 23.4 Å². The number of hydrogen-bond donors (Lipinski definition) is 1. The fourth-order valence-corrected chi connectivity index (χ4v) is 4.93. The summed E-state index contributed by atoms with van der Waals surface area (Å²) in [6.45, 7) is 8.59. The number of ether oxygens (including phenoxy) is 1. The largest absolute Gasteiger partial charge is 0.494 e. The molecule has 0 aliphatic rings. The standard InChI is InChI=1S/C27H27ClN4O2S/c1-5-34-21-12-10-20(11-13-21)32-26(22-8-6-7-9-23(22)28)30-31-27(32)35-16-24(33)29-25-18(3)14-17(2)15-19(25)4/h6-15H,5,16H2,1-4H3,(H,29,33). The number of thioether (sulfide) groups is 1. The van der Waals surface area contributed by atoms with Gasteiger partial charge in [0.2, 0.25) is 5.91 Å². The summed E-state index contributed by atoms with van der Waals surface area (Å²) >= 11 is 7.80. The molecule has 0 aliphatic heterocycles. The molecule has 1 aromatic heterocycles. The Kier molecular flexibility index (Phi) is 7.78. The van der Waals surface area contributed by atoms with Crippen LogP contribution in [0, 0.1) is 20.8 Å². The van der Waals surface area contributed by atoms with Gasteiger partial charge in [0.05, 0.1) is 17.4 Å². The summed E-state index contributed by atoms with van der Waals surface area (Å²) in [5.41, 5.74) is 5.71.